The van der Waals surface area contributed by atoms with Crippen LogP contribution in [-0.2, 0) is 6.54 Å². The van der Waals surface area contributed by atoms with Gasteiger partial charge in [-0.3, -0.25) is 0 Å². The van der Waals surface area contributed by atoms with E-state index in [0.717, 1.165) is 5.76 Å². The van der Waals surface area contributed by atoms with Crippen LogP contribution in [0.15, 0.2) is 22.8 Å². The molecule has 0 bridgehead atoms. The van der Waals surface area contributed by atoms with Gasteiger partial charge in [-0.15, -0.1) is 12.6 Å². The first-order chi connectivity index (χ1) is 4.79. The predicted molar refractivity (Wildman–Crippen MR) is 52.2 cm³/mol. The average Bonchev–Trinajstić information content (AvgIpc) is 2.34. The molecule has 1 aromatic rings. The lowest BCUT2D eigenvalue weighted by atomic mass is 10.4. The molecule has 0 aliphatic heterocycles. The molecule has 0 radical (unpaired) electrons. The smallest absolute Gasteiger partial charge is 0.131 e. The zero-order chi connectivity index (χ0) is 7.40. The van der Waals surface area contributed by atoms with Crippen molar-refractivity contribution >= 4 is 29.2 Å². The van der Waals surface area contributed by atoms with Gasteiger partial charge in [-0.05, 0) is 12.1 Å². The number of thiocarbonyl (C=S) groups is 1. The minimum atomic E-state index is 0. The van der Waals surface area contributed by atoms with Gasteiger partial charge in [0, 0.05) is 0 Å². The highest BCUT2D eigenvalue weighted by Gasteiger charge is 1.92. The van der Waals surface area contributed by atoms with Crippen molar-refractivity contribution in [2.45, 2.75) is 6.54 Å². The van der Waals surface area contributed by atoms with Crippen LogP contribution >= 0.6 is 24.8 Å². The summed E-state index contributed by atoms with van der Waals surface area (Å²) in [5.74, 6) is 0.858. The van der Waals surface area contributed by atoms with E-state index in [4.69, 9.17) is 4.42 Å². The molecule has 4 N–H and O–H groups in total. The Bertz CT molecular complexity index is 210. The summed E-state index contributed by atoms with van der Waals surface area (Å²) < 4.78 is 5.51. The van der Waals surface area contributed by atoms with Gasteiger partial charge >= 0.3 is 0 Å². The van der Waals surface area contributed by atoms with Crippen molar-refractivity contribution in [3.8, 4) is 0 Å². The Morgan fingerprint density at radius 1 is 1.73 bits per heavy atom. The fourth-order valence-corrected chi connectivity index (χ4v) is 0.727. The molecule has 5 heteroatoms. The molecule has 1 aromatic heterocycles. The second-order valence-electron chi connectivity index (χ2n) is 1.74. The summed E-state index contributed by atoms with van der Waals surface area (Å²) in [6.45, 7) is 0.606. The quantitative estimate of drug-likeness (QED) is 0.491. The molecule has 1 rings (SSSR count). The highest BCUT2D eigenvalue weighted by molar-refractivity contribution is 8.11. The van der Waals surface area contributed by atoms with Gasteiger partial charge < -0.3 is 15.9 Å². The third kappa shape index (κ3) is 4.02. The first kappa shape index (κ1) is 10.5. The topological polar surface area (TPSA) is 60.2 Å². The maximum atomic E-state index is 5.03. The Hall–Kier alpha value is -0.520. The minimum absolute atomic E-state index is 0. The van der Waals surface area contributed by atoms with Crippen molar-refractivity contribution in [2.24, 2.45) is 0 Å². The molecule has 0 saturated heterocycles. The monoisotopic (exact) mass is 190 g/mol. The highest BCUT2D eigenvalue weighted by Crippen LogP contribution is 1.98. The Morgan fingerprint density at radius 3 is 2.91 bits per heavy atom. The summed E-state index contributed by atoms with van der Waals surface area (Å²) in [5, 5.41) is 2.85. The molecular formula is C6H10N2OS2. The molecule has 0 unspecified atom stereocenters. The zero-order valence-electron chi connectivity index (χ0n) is 5.91. The summed E-state index contributed by atoms with van der Waals surface area (Å²) in [5.41, 5.74) is 0. The molecule has 0 amide bonds. The maximum Gasteiger partial charge on any atom is 0.131 e. The largest absolute Gasteiger partial charge is 0.467 e. The van der Waals surface area contributed by atoms with Crippen LogP contribution in [0.2, 0.25) is 0 Å². The first-order valence-corrected chi connectivity index (χ1v) is 3.64. The maximum absolute atomic E-state index is 5.03. The molecule has 0 aliphatic carbocycles. The molecular weight excluding hydrogens is 180 g/mol. The lowest BCUT2D eigenvalue weighted by molar-refractivity contribution is 0.504. The molecule has 1 heterocycles. The van der Waals surface area contributed by atoms with Crippen LogP contribution in [-0.4, -0.2) is 4.32 Å². The number of furan rings is 1. The summed E-state index contributed by atoms with van der Waals surface area (Å²) in [7, 11) is 0. The Labute approximate surface area is 76.2 Å². The predicted octanol–water partition coefficient (Wildman–Crippen LogP) is 1.75. The van der Waals surface area contributed by atoms with Crippen LogP contribution < -0.4 is 11.5 Å². The molecule has 0 fully saturated rings. The second kappa shape index (κ2) is 5.17. The minimum Gasteiger partial charge on any atom is -0.467 e. The van der Waals surface area contributed by atoms with Crippen LogP contribution in [0, 0.1) is 0 Å². The van der Waals surface area contributed by atoms with E-state index in [1.54, 1.807) is 6.26 Å². The summed E-state index contributed by atoms with van der Waals surface area (Å²) >= 11 is 8.57. The van der Waals surface area contributed by atoms with Gasteiger partial charge in [0.2, 0.25) is 0 Å². The lowest BCUT2D eigenvalue weighted by Gasteiger charge is -1.97. The standard InChI is InChI=1S/C6H7NOS2.H3N/c9-6(10)7-4-5-2-1-3-8-5;/h1-3H,4H2,(H2,7,9,10);1H3. The van der Waals surface area contributed by atoms with Crippen molar-refractivity contribution in [1.29, 1.82) is 0 Å². The fraction of sp³-hybridized carbons (Fsp3) is 0.167. The van der Waals surface area contributed by atoms with E-state index in [-0.39, 0.29) is 6.15 Å². The molecule has 0 atom stereocenters. The number of rotatable bonds is 2. The molecule has 62 valence electrons. The van der Waals surface area contributed by atoms with Crippen molar-refractivity contribution in [2.75, 3.05) is 0 Å². The van der Waals surface area contributed by atoms with Gasteiger partial charge in [0.1, 0.15) is 10.1 Å². The number of nitrogens with one attached hydrogen (secondary N) is 1. The van der Waals surface area contributed by atoms with Gasteiger partial charge in [-0.25, -0.2) is 0 Å². The van der Waals surface area contributed by atoms with Gasteiger partial charge in [0.05, 0.1) is 12.8 Å². The molecule has 3 nitrogen and oxygen atoms in total. The van der Waals surface area contributed by atoms with Crippen LogP contribution in [0.25, 0.3) is 0 Å². The van der Waals surface area contributed by atoms with Crippen LogP contribution in [0.3, 0.4) is 0 Å². The van der Waals surface area contributed by atoms with E-state index in [0.29, 0.717) is 10.9 Å². The van der Waals surface area contributed by atoms with E-state index in [1.165, 1.54) is 0 Å². The van der Waals surface area contributed by atoms with Gasteiger partial charge in [0.25, 0.3) is 0 Å². The Balaban J connectivity index is 0.000001000. The van der Waals surface area contributed by atoms with E-state index < -0.39 is 0 Å². The van der Waals surface area contributed by atoms with Crippen molar-refractivity contribution in [3.63, 3.8) is 0 Å². The molecule has 0 saturated carbocycles. The first-order valence-electron chi connectivity index (χ1n) is 2.78. The molecule has 0 aromatic carbocycles. The zero-order valence-corrected chi connectivity index (χ0v) is 7.62. The van der Waals surface area contributed by atoms with Crippen molar-refractivity contribution in [3.05, 3.63) is 24.2 Å². The van der Waals surface area contributed by atoms with Crippen molar-refractivity contribution < 1.29 is 4.42 Å². The van der Waals surface area contributed by atoms with Crippen LogP contribution in [0.4, 0.5) is 0 Å². The van der Waals surface area contributed by atoms with Crippen molar-refractivity contribution in [1.82, 2.24) is 11.5 Å². The Morgan fingerprint density at radius 2 is 2.45 bits per heavy atom. The Kier molecular flexibility index (Phi) is 4.93. The third-order valence-corrected chi connectivity index (χ3v) is 1.30. The van der Waals surface area contributed by atoms with Crippen LogP contribution in [0.5, 0.6) is 0 Å². The molecule has 0 spiro atoms. The van der Waals surface area contributed by atoms with E-state index in [1.807, 2.05) is 12.1 Å². The lowest BCUT2D eigenvalue weighted by Crippen LogP contribution is -2.14. The summed E-state index contributed by atoms with van der Waals surface area (Å²) in [4.78, 5) is 0. The van der Waals surface area contributed by atoms with E-state index in [9.17, 15) is 0 Å². The fourth-order valence-electron chi connectivity index (χ4n) is 0.576. The second-order valence-corrected chi connectivity index (χ2v) is 2.90. The highest BCUT2D eigenvalue weighted by atomic mass is 32.1. The van der Waals surface area contributed by atoms with Gasteiger partial charge in [-0.2, -0.15) is 0 Å². The SMILES string of the molecule is N.S=C(S)NCc1ccco1. The normalized spacial score (nSPS) is 8.45. The average molecular weight is 190 g/mol. The van der Waals surface area contributed by atoms with Gasteiger partial charge in [0.15, 0.2) is 0 Å². The summed E-state index contributed by atoms with van der Waals surface area (Å²) in [6.07, 6.45) is 1.62. The summed E-state index contributed by atoms with van der Waals surface area (Å²) in [6, 6.07) is 3.71. The van der Waals surface area contributed by atoms with E-state index in [2.05, 4.69) is 30.2 Å². The van der Waals surface area contributed by atoms with E-state index >= 15 is 0 Å². The number of hydrogen-bond acceptors (Lipinski definition) is 3. The third-order valence-electron chi connectivity index (χ3n) is 0.994. The molecule has 11 heavy (non-hydrogen) atoms. The molecule has 0 aliphatic rings. The number of hydrogen-bond donors (Lipinski definition) is 3. The number of thiol groups is 1. The van der Waals surface area contributed by atoms with Gasteiger partial charge in [-0.1, -0.05) is 12.2 Å². The van der Waals surface area contributed by atoms with Crippen LogP contribution in [0.1, 0.15) is 5.76 Å².